The number of nitrogens with zero attached hydrogens (tertiary/aromatic N) is 1. The number of rotatable bonds is 4. The second kappa shape index (κ2) is 5.67. The molecule has 1 N–H and O–H groups in total. The first-order valence-corrected chi connectivity index (χ1v) is 6.77. The zero-order chi connectivity index (χ0) is 13.1. The van der Waals surface area contributed by atoms with Gasteiger partial charge < -0.3 is 10.1 Å². The van der Waals surface area contributed by atoms with Crippen molar-refractivity contribution < 1.29 is 4.74 Å². The highest BCUT2D eigenvalue weighted by atomic mass is 79.9. The van der Waals surface area contributed by atoms with Gasteiger partial charge in [-0.05, 0) is 30.2 Å². The summed E-state index contributed by atoms with van der Waals surface area (Å²) in [7, 11) is 3.62. The normalized spacial score (nSPS) is 10.9. The number of hydrogen-bond acceptors (Lipinski definition) is 3. The number of nitrogens with one attached hydrogen (secondary N) is 1. The zero-order valence-corrected chi connectivity index (χ0v) is 12.5. The molecule has 0 bridgehead atoms. The topological polar surface area (TPSA) is 34.1 Å². The number of fused-ring (bicyclic) bond motifs is 1. The van der Waals surface area contributed by atoms with Crippen molar-refractivity contribution in [2.75, 3.05) is 19.5 Å². The van der Waals surface area contributed by atoms with Gasteiger partial charge in [-0.15, -0.1) is 0 Å². The maximum atomic E-state index is 5.17. The molecular weight excluding hydrogens is 292 g/mol. The van der Waals surface area contributed by atoms with Crippen LogP contribution in [0.25, 0.3) is 10.9 Å². The zero-order valence-electron chi connectivity index (χ0n) is 10.9. The van der Waals surface area contributed by atoms with Crippen molar-refractivity contribution in [3.63, 3.8) is 0 Å². The van der Waals surface area contributed by atoms with E-state index in [4.69, 9.17) is 9.72 Å². The van der Waals surface area contributed by atoms with E-state index >= 15 is 0 Å². The summed E-state index contributed by atoms with van der Waals surface area (Å²) in [4.78, 5) is 4.70. The molecule has 0 unspecified atom stereocenters. The van der Waals surface area contributed by atoms with Crippen molar-refractivity contribution in [2.45, 2.75) is 20.0 Å². The molecule has 1 aromatic carbocycles. The molecule has 3 nitrogen and oxygen atoms in total. The van der Waals surface area contributed by atoms with Gasteiger partial charge in [0.2, 0.25) is 0 Å². The Morgan fingerprint density at radius 1 is 1.33 bits per heavy atom. The molecule has 0 spiro atoms. The standard InChI is InChI=1S/C14H17BrN2O/c1-4-9-5-10(15)6-12-13(16-2)7-11(8-18-3)17-14(9)12/h5-7H,4,8H2,1-3H3,(H,16,17). The minimum Gasteiger partial charge on any atom is -0.388 e. The third-order valence-corrected chi connectivity index (χ3v) is 3.41. The lowest BCUT2D eigenvalue weighted by molar-refractivity contribution is 0.182. The third kappa shape index (κ3) is 2.49. The van der Waals surface area contributed by atoms with Crippen molar-refractivity contribution >= 4 is 32.5 Å². The van der Waals surface area contributed by atoms with E-state index in [1.165, 1.54) is 5.56 Å². The summed E-state index contributed by atoms with van der Waals surface area (Å²) in [6.45, 7) is 2.68. The van der Waals surface area contributed by atoms with Gasteiger partial charge in [0.25, 0.3) is 0 Å². The average molecular weight is 309 g/mol. The van der Waals surface area contributed by atoms with E-state index in [9.17, 15) is 0 Å². The van der Waals surface area contributed by atoms with Crippen LogP contribution >= 0.6 is 15.9 Å². The van der Waals surface area contributed by atoms with E-state index in [2.05, 4.69) is 40.3 Å². The number of aromatic nitrogens is 1. The molecule has 0 saturated heterocycles. The summed E-state index contributed by atoms with van der Waals surface area (Å²) in [6, 6.07) is 6.27. The molecule has 4 heteroatoms. The predicted octanol–water partition coefficient (Wildman–Crippen LogP) is 3.75. The van der Waals surface area contributed by atoms with Gasteiger partial charge in [0.05, 0.1) is 17.8 Å². The van der Waals surface area contributed by atoms with Crippen LogP contribution in [0.15, 0.2) is 22.7 Å². The van der Waals surface area contributed by atoms with Gasteiger partial charge >= 0.3 is 0 Å². The average Bonchev–Trinajstić information content (AvgIpc) is 2.37. The summed E-state index contributed by atoms with van der Waals surface area (Å²) >= 11 is 3.56. The number of anilines is 1. The molecule has 1 heterocycles. The van der Waals surface area contributed by atoms with E-state index < -0.39 is 0 Å². The Morgan fingerprint density at radius 2 is 2.11 bits per heavy atom. The Balaban J connectivity index is 2.74. The molecule has 96 valence electrons. The van der Waals surface area contributed by atoms with Crippen LogP contribution in [0.4, 0.5) is 5.69 Å². The van der Waals surface area contributed by atoms with Crippen LogP contribution in [0.3, 0.4) is 0 Å². The lowest BCUT2D eigenvalue weighted by Crippen LogP contribution is -2.00. The number of hydrogen-bond donors (Lipinski definition) is 1. The predicted molar refractivity (Wildman–Crippen MR) is 79.1 cm³/mol. The van der Waals surface area contributed by atoms with E-state index in [1.54, 1.807) is 7.11 Å². The van der Waals surface area contributed by atoms with E-state index in [0.717, 1.165) is 33.2 Å². The van der Waals surface area contributed by atoms with Crippen LogP contribution in [0, 0.1) is 0 Å². The Kier molecular flexibility index (Phi) is 4.19. The molecule has 0 amide bonds. The Morgan fingerprint density at radius 3 is 2.72 bits per heavy atom. The van der Waals surface area contributed by atoms with Crippen molar-refractivity contribution in [3.05, 3.63) is 33.9 Å². The molecule has 0 saturated carbocycles. The van der Waals surface area contributed by atoms with Gasteiger partial charge in [-0.3, -0.25) is 0 Å². The van der Waals surface area contributed by atoms with Crippen molar-refractivity contribution in [1.29, 1.82) is 0 Å². The first kappa shape index (κ1) is 13.3. The number of ether oxygens (including phenoxy) is 1. The minimum absolute atomic E-state index is 0.532. The quantitative estimate of drug-likeness (QED) is 0.934. The monoisotopic (exact) mass is 308 g/mol. The first-order valence-electron chi connectivity index (χ1n) is 5.98. The number of methoxy groups -OCH3 is 1. The highest BCUT2D eigenvalue weighted by molar-refractivity contribution is 9.10. The Labute approximate surface area is 116 Å². The Hall–Kier alpha value is -1.13. The maximum Gasteiger partial charge on any atom is 0.0885 e. The summed E-state index contributed by atoms with van der Waals surface area (Å²) in [5.74, 6) is 0. The van der Waals surface area contributed by atoms with Gasteiger partial charge in [-0.1, -0.05) is 22.9 Å². The van der Waals surface area contributed by atoms with Crippen molar-refractivity contribution in [3.8, 4) is 0 Å². The molecule has 0 atom stereocenters. The largest absolute Gasteiger partial charge is 0.388 e. The van der Waals surface area contributed by atoms with Crippen molar-refractivity contribution in [1.82, 2.24) is 4.98 Å². The molecular formula is C14H17BrN2O. The molecule has 0 aliphatic rings. The second-order valence-corrected chi connectivity index (χ2v) is 5.07. The maximum absolute atomic E-state index is 5.17. The van der Waals surface area contributed by atoms with Crippen LogP contribution < -0.4 is 5.32 Å². The molecule has 0 fully saturated rings. The molecule has 0 radical (unpaired) electrons. The van der Waals surface area contributed by atoms with Gasteiger partial charge in [-0.25, -0.2) is 4.98 Å². The summed E-state index contributed by atoms with van der Waals surface area (Å²) in [5, 5.41) is 4.37. The lowest BCUT2D eigenvalue weighted by Gasteiger charge is -2.12. The molecule has 1 aromatic heterocycles. The molecule has 0 aliphatic carbocycles. The van der Waals surface area contributed by atoms with Crippen molar-refractivity contribution in [2.24, 2.45) is 0 Å². The van der Waals surface area contributed by atoms with Crippen LogP contribution in [-0.4, -0.2) is 19.1 Å². The Bertz CT molecular complexity index is 569. The van der Waals surface area contributed by atoms with E-state index in [1.807, 2.05) is 13.1 Å². The highest BCUT2D eigenvalue weighted by Crippen LogP contribution is 2.29. The fourth-order valence-electron chi connectivity index (χ4n) is 2.11. The summed E-state index contributed by atoms with van der Waals surface area (Å²) in [6.07, 6.45) is 0.961. The lowest BCUT2D eigenvalue weighted by atomic mass is 10.1. The number of aryl methyl sites for hydroxylation is 1. The summed E-state index contributed by atoms with van der Waals surface area (Å²) in [5.41, 5.74) is 4.34. The molecule has 2 rings (SSSR count). The highest BCUT2D eigenvalue weighted by Gasteiger charge is 2.09. The third-order valence-electron chi connectivity index (χ3n) is 2.95. The van der Waals surface area contributed by atoms with Gasteiger partial charge in [-0.2, -0.15) is 0 Å². The van der Waals surface area contributed by atoms with Gasteiger partial charge in [0.15, 0.2) is 0 Å². The summed E-state index contributed by atoms with van der Waals surface area (Å²) < 4.78 is 6.26. The van der Waals surface area contributed by atoms with Crippen LogP contribution in [0.1, 0.15) is 18.2 Å². The number of pyridine rings is 1. The molecule has 18 heavy (non-hydrogen) atoms. The van der Waals surface area contributed by atoms with Crippen LogP contribution in [0.2, 0.25) is 0 Å². The molecule has 0 aliphatic heterocycles. The number of halogens is 1. The van der Waals surface area contributed by atoms with Gasteiger partial charge in [0.1, 0.15) is 0 Å². The van der Waals surface area contributed by atoms with E-state index in [-0.39, 0.29) is 0 Å². The van der Waals surface area contributed by atoms with Crippen LogP contribution in [-0.2, 0) is 17.8 Å². The van der Waals surface area contributed by atoms with Crippen LogP contribution in [0.5, 0.6) is 0 Å². The minimum atomic E-state index is 0.532. The fraction of sp³-hybridized carbons (Fsp3) is 0.357. The number of benzene rings is 1. The smallest absolute Gasteiger partial charge is 0.0885 e. The fourth-order valence-corrected chi connectivity index (χ4v) is 2.62. The van der Waals surface area contributed by atoms with Gasteiger partial charge in [0, 0.05) is 29.7 Å². The SMILES string of the molecule is CCc1cc(Br)cc2c(NC)cc(COC)nc12. The second-order valence-electron chi connectivity index (χ2n) is 4.16. The molecule has 2 aromatic rings. The first-order chi connectivity index (χ1) is 8.69. The van der Waals surface area contributed by atoms with E-state index in [0.29, 0.717) is 6.61 Å².